The highest BCUT2D eigenvalue weighted by molar-refractivity contribution is 9.10. The summed E-state index contributed by atoms with van der Waals surface area (Å²) in [5.74, 6) is -0.505. The molecule has 2 amide bonds. The molecule has 1 aliphatic heterocycles. The van der Waals surface area contributed by atoms with Gasteiger partial charge in [0, 0.05) is 18.7 Å². The molecule has 2 N–H and O–H groups in total. The second-order valence-electron chi connectivity index (χ2n) is 7.79. The van der Waals surface area contributed by atoms with Gasteiger partial charge in [0.1, 0.15) is 17.9 Å². The van der Waals surface area contributed by atoms with Crippen molar-refractivity contribution in [1.29, 1.82) is 0 Å². The third-order valence-corrected chi connectivity index (χ3v) is 6.47. The number of halogens is 1. The largest absolute Gasteiger partial charge is 0.493 e. The van der Waals surface area contributed by atoms with Crippen molar-refractivity contribution in [3.8, 4) is 5.75 Å². The van der Waals surface area contributed by atoms with Crippen molar-refractivity contribution in [2.45, 2.75) is 57.6 Å². The smallest absolute Gasteiger partial charge is 0.308 e. The predicted octanol–water partition coefficient (Wildman–Crippen LogP) is 2.93. The number of benzene rings is 1. The number of amides is 2. The van der Waals surface area contributed by atoms with Gasteiger partial charge in [0.15, 0.2) is 5.11 Å². The lowest BCUT2D eigenvalue weighted by Gasteiger charge is -2.36. The Hall–Kier alpha value is -2.20. The maximum atomic E-state index is 12.7. The van der Waals surface area contributed by atoms with Gasteiger partial charge in [-0.05, 0) is 79.0 Å². The molecule has 8 nitrogen and oxygen atoms in total. The molecule has 3 rings (SSSR count). The molecule has 1 saturated heterocycles. The van der Waals surface area contributed by atoms with E-state index >= 15 is 0 Å². The molecule has 2 fully saturated rings. The fourth-order valence-corrected chi connectivity index (χ4v) is 4.70. The number of nitrogens with one attached hydrogen (secondary N) is 2. The molecule has 1 aromatic rings. The van der Waals surface area contributed by atoms with Crippen LogP contribution in [0.3, 0.4) is 0 Å². The van der Waals surface area contributed by atoms with Crippen molar-refractivity contribution < 1.29 is 23.9 Å². The first kappa shape index (κ1) is 24.4. The summed E-state index contributed by atoms with van der Waals surface area (Å²) >= 11 is 8.81. The van der Waals surface area contributed by atoms with Gasteiger partial charge in [-0.3, -0.25) is 19.7 Å². The summed E-state index contributed by atoms with van der Waals surface area (Å²) in [6.45, 7) is 3.15. The monoisotopic (exact) mass is 525 g/mol. The van der Waals surface area contributed by atoms with Gasteiger partial charge in [0.25, 0.3) is 5.91 Å². The van der Waals surface area contributed by atoms with Crippen LogP contribution in [-0.4, -0.2) is 59.6 Å². The molecule has 0 radical (unpaired) electrons. The van der Waals surface area contributed by atoms with E-state index in [-0.39, 0.29) is 23.5 Å². The van der Waals surface area contributed by atoms with Crippen molar-refractivity contribution >= 4 is 51.0 Å². The molecule has 32 heavy (non-hydrogen) atoms. The molecule has 1 heterocycles. The summed E-state index contributed by atoms with van der Waals surface area (Å²) in [5.41, 5.74) is 0.386. The van der Waals surface area contributed by atoms with E-state index in [1.54, 1.807) is 23.1 Å². The number of carbonyl (C=O) groups excluding carboxylic acids is 3. The van der Waals surface area contributed by atoms with Gasteiger partial charge >= 0.3 is 5.97 Å². The van der Waals surface area contributed by atoms with Crippen LogP contribution in [0.1, 0.15) is 55.8 Å². The van der Waals surface area contributed by atoms with Gasteiger partial charge in [-0.15, -0.1) is 0 Å². The van der Waals surface area contributed by atoms with E-state index in [0.29, 0.717) is 35.5 Å². The highest BCUT2D eigenvalue weighted by atomic mass is 79.9. The summed E-state index contributed by atoms with van der Waals surface area (Å²) in [6.07, 6.45) is 4.77. The quantitative estimate of drug-likeness (QED) is 0.435. The van der Waals surface area contributed by atoms with Gasteiger partial charge in [0.05, 0.1) is 17.5 Å². The van der Waals surface area contributed by atoms with Gasteiger partial charge in [-0.25, -0.2) is 0 Å². The first-order chi connectivity index (χ1) is 15.4. The maximum absolute atomic E-state index is 12.7. The zero-order valence-electron chi connectivity index (χ0n) is 18.0. The molecule has 1 aromatic carbocycles. The van der Waals surface area contributed by atoms with Crippen molar-refractivity contribution in [2.75, 3.05) is 19.7 Å². The topological polar surface area (TPSA) is 97.0 Å². The molecule has 1 saturated carbocycles. The van der Waals surface area contributed by atoms with Crippen LogP contribution in [0.5, 0.6) is 5.75 Å². The average Bonchev–Trinajstić information content (AvgIpc) is 2.77. The standard InChI is InChI=1S/C22H28BrN3O5S/c1-2-30-18-9-8-14(12-16(18)23)20(28)25-22(32)26-11-10-24-21(29)17(26)13-19(27)31-15-6-4-3-5-7-15/h8-9,12,15,17H,2-7,10-11,13H2,1H3,(H,24,29)(H,25,28,32). The Morgan fingerprint density at radius 3 is 2.72 bits per heavy atom. The van der Waals surface area contributed by atoms with Crippen LogP contribution in [0.15, 0.2) is 22.7 Å². The molecule has 1 unspecified atom stereocenters. The number of piperazine rings is 1. The molecule has 1 aliphatic carbocycles. The van der Waals surface area contributed by atoms with Crippen LogP contribution in [0.2, 0.25) is 0 Å². The van der Waals surface area contributed by atoms with E-state index in [0.717, 1.165) is 32.1 Å². The lowest BCUT2D eigenvalue weighted by molar-refractivity contribution is -0.153. The highest BCUT2D eigenvalue weighted by Crippen LogP contribution is 2.26. The van der Waals surface area contributed by atoms with Crippen molar-refractivity contribution in [2.24, 2.45) is 0 Å². The second kappa shape index (κ2) is 11.6. The molecular weight excluding hydrogens is 498 g/mol. The van der Waals surface area contributed by atoms with Crippen LogP contribution in [0.25, 0.3) is 0 Å². The van der Waals surface area contributed by atoms with Gasteiger partial charge in [-0.1, -0.05) is 6.42 Å². The summed E-state index contributed by atoms with van der Waals surface area (Å²) in [6, 6.07) is 4.16. The van der Waals surface area contributed by atoms with E-state index in [4.69, 9.17) is 21.7 Å². The maximum Gasteiger partial charge on any atom is 0.308 e. The lowest BCUT2D eigenvalue weighted by Crippen LogP contribution is -2.60. The molecule has 10 heteroatoms. The van der Waals surface area contributed by atoms with E-state index in [1.807, 2.05) is 6.92 Å². The third kappa shape index (κ3) is 6.41. The van der Waals surface area contributed by atoms with Crippen molar-refractivity contribution in [3.05, 3.63) is 28.2 Å². The fourth-order valence-electron chi connectivity index (χ4n) is 3.89. The van der Waals surface area contributed by atoms with E-state index in [9.17, 15) is 14.4 Å². The zero-order chi connectivity index (χ0) is 23.1. The second-order valence-corrected chi connectivity index (χ2v) is 9.03. The van der Waals surface area contributed by atoms with Gasteiger partial charge in [0.2, 0.25) is 5.91 Å². The minimum absolute atomic E-state index is 0.0823. The van der Waals surface area contributed by atoms with E-state index in [2.05, 4.69) is 26.6 Å². The zero-order valence-corrected chi connectivity index (χ0v) is 20.4. The van der Waals surface area contributed by atoms with Crippen LogP contribution in [0.4, 0.5) is 0 Å². The number of carbonyl (C=O) groups is 3. The number of hydrogen-bond donors (Lipinski definition) is 2. The Kier molecular flexibility index (Phi) is 8.86. The Morgan fingerprint density at radius 1 is 1.28 bits per heavy atom. The third-order valence-electron chi connectivity index (χ3n) is 5.52. The van der Waals surface area contributed by atoms with Gasteiger partial charge < -0.3 is 19.7 Å². The Bertz CT molecular complexity index is 875. The van der Waals surface area contributed by atoms with Crippen molar-refractivity contribution in [1.82, 2.24) is 15.5 Å². The number of thiocarbonyl (C=S) groups is 1. The summed E-state index contributed by atoms with van der Waals surface area (Å²) < 4.78 is 11.7. The first-order valence-corrected chi connectivity index (χ1v) is 12.1. The normalized spacial score (nSPS) is 19.1. The van der Waals surface area contributed by atoms with Crippen molar-refractivity contribution in [3.63, 3.8) is 0 Å². The molecule has 2 aliphatic rings. The lowest BCUT2D eigenvalue weighted by atomic mass is 9.98. The number of ether oxygens (including phenoxy) is 2. The molecule has 0 spiro atoms. The van der Waals surface area contributed by atoms with E-state index < -0.39 is 17.9 Å². The molecule has 0 bridgehead atoms. The van der Waals surface area contributed by atoms with Gasteiger partial charge in [-0.2, -0.15) is 0 Å². The van der Waals surface area contributed by atoms with Crippen LogP contribution in [-0.2, 0) is 14.3 Å². The Morgan fingerprint density at radius 2 is 2.03 bits per heavy atom. The fraction of sp³-hybridized carbons (Fsp3) is 0.545. The number of hydrogen-bond acceptors (Lipinski definition) is 6. The minimum Gasteiger partial charge on any atom is -0.493 e. The number of nitrogens with zero attached hydrogens (tertiary/aromatic N) is 1. The van der Waals surface area contributed by atoms with Crippen LogP contribution >= 0.6 is 28.1 Å². The van der Waals surface area contributed by atoms with Crippen LogP contribution in [0, 0.1) is 0 Å². The Labute approximate surface area is 201 Å². The number of esters is 1. The summed E-state index contributed by atoms with van der Waals surface area (Å²) in [4.78, 5) is 39.3. The van der Waals surface area contributed by atoms with Crippen LogP contribution < -0.4 is 15.4 Å². The number of rotatable bonds is 6. The van der Waals surface area contributed by atoms with E-state index in [1.165, 1.54) is 0 Å². The highest BCUT2D eigenvalue weighted by Gasteiger charge is 2.35. The first-order valence-electron chi connectivity index (χ1n) is 10.9. The minimum atomic E-state index is -0.820. The SMILES string of the molecule is CCOc1ccc(C(=O)NC(=S)N2CCNC(=O)C2CC(=O)OC2CCCCC2)cc1Br. The molecule has 174 valence electrons. The Balaban J connectivity index is 1.62. The molecule has 0 aromatic heterocycles. The molecule has 1 atom stereocenters. The molecular formula is C22H28BrN3O5S. The summed E-state index contributed by atoms with van der Waals surface area (Å²) in [5, 5.41) is 5.53. The predicted molar refractivity (Wildman–Crippen MR) is 126 cm³/mol. The average molecular weight is 526 g/mol. The summed E-state index contributed by atoms with van der Waals surface area (Å²) in [7, 11) is 0.